The molecule has 0 aliphatic rings. The third-order valence-corrected chi connectivity index (χ3v) is 1.48. The van der Waals surface area contributed by atoms with Crippen LogP contribution in [-0.4, -0.2) is 5.11 Å². The Labute approximate surface area is 60.5 Å². The lowest BCUT2D eigenvalue weighted by Crippen LogP contribution is -1.91. The first-order valence-electron chi connectivity index (χ1n) is 3.48. The van der Waals surface area contributed by atoms with Gasteiger partial charge in [0, 0.05) is 0 Å². The van der Waals surface area contributed by atoms with Gasteiger partial charge < -0.3 is 9.52 Å². The first kappa shape index (κ1) is 7.35. The summed E-state index contributed by atoms with van der Waals surface area (Å²) in [6, 6.07) is 3.66. The Hall–Kier alpha value is -0.760. The number of aliphatic hydroxyl groups is 1. The fourth-order valence-corrected chi connectivity index (χ4v) is 0.834. The highest BCUT2D eigenvalue weighted by Crippen LogP contribution is 2.17. The standard InChI is InChI=1S/C8H12O2/c1-3-7(9)8-5-4-6(2)10-8/h4-5,7,9H,3H2,1-2H3. The maximum absolute atomic E-state index is 9.25. The van der Waals surface area contributed by atoms with Crippen LogP contribution in [0.2, 0.25) is 0 Å². The van der Waals surface area contributed by atoms with E-state index in [9.17, 15) is 5.11 Å². The van der Waals surface area contributed by atoms with E-state index >= 15 is 0 Å². The molecule has 0 aromatic carbocycles. The fraction of sp³-hybridized carbons (Fsp3) is 0.500. The second-order valence-corrected chi connectivity index (χ2v) is 2.37. The van der Waals surface area contributed by atoms with Crippen LogP contribution in [0.25, 0.3) is 0 Å². The van der Waals surface area contributed by atoms with Crippen LogP contribution in [0.1, 0.15) is 31.0 Å². The van der Waals surface area contributed by atoms with Gasteiger partial charge in [0.15, 0.2) is 0 Å². The molecule has 1 unspecified atom stereocenters. The molecule has 1 atom stereocenters. The zero-order valence-electron chi connectivity index (χ0n) is 6.29. The Morgan fingerprint density at radius 2 is 2.30 bits per heavy atom. The third-order valence-electron chi connectivity index (χ3n) is 1.48. The Kier molecular flexibility index (Phi) is 2.12. The number of aryl methyl sites for hydroxylation is 1. The zero-order chi connectivity index (χ0) is 7.56. The first-order chi connectivity index (χ1) is 4.74. The van der Waals surface area contributed by atoms with Gasteiger partial charge in [-0.15, -0.1) is 0 Å². The van der Waals surface area contributed by atoms with Crippen LogP contribution < -0.4 is 0 Å². The minimum Gasteiger partial charge on any atom is -0.464 e. The molecule has 1 aromatic rings. The number of hydrogen-bond donors (Lipinski definition) is 1. The van der Waals surface area contributed by atoms with Gasteiger partial charge in [0.2, 0.25) is 0 Å². The molecule has 0 saturated heterocycles. The van der Waals surface area contributed by atoms with Crippen LogP contribution >= 0.6 is 0 Å². The molecule has 0 radical (unpaired) electrons. The van der Waals surface area contributed by atoms with Crippen molar-refractivity contribution in [1.29, 1.82) is 0 Å². The molecule has 0 amide bonds. The van der Waals surface area contributed by atoms with Crippen molar-refractivity contribution in [1.82, 2.24) is 0 Å². The van der Waals surface area contributed by atoms with Crippen LogP contribution in [0.3, 0.4) is 0 Å². The molecule has 10 heavy (non-hydrogen) atoms. The predicted molar refractivity (Wildman–Crippen MR) is 38.7 cm³/mol. The Balaban J connectivity index is 2.74. The first-order valence-corrected chi connectivity index (χ1v) is 3.48. The Morgan fingerprint density at radius 1 is 1.60 bits per heavy atom. The van der Waals surface area contributed by atoms with Crippen LogP contribution in [0, 0.1) is 6.92 Å². The molecule has 1 aromatic heterocycles. The molecular formula is C8H12O2. The fourth-order valence-electron chi connectivity index (χ4n) is 0.834. The molecule has 0 spiro atoms. The van der Waals surface area contributed by atoms with E-state index in [1.165, 1.54) is 0 Å². The smallest absolute Gasteiger partial charge is 0.132 e. The van der Waals surface area contributed by atoms with Crippen molar-refractivity contribution >= 4 is 0 Å². The molecular weight excluding hydrogens is 128 g/mol. The Morgan fingerprint density at radius 3 is 2.70 bits per heavy atom. The summed E-state index contributed by atoms with van der Waals surface area (Å²) in [5, 5.41) is 9.25. The SMILES string of the molecule is CCC(O)c1ccc(C)o1. The molecule has 0 aliphatic carbocycles. The van der Waals surface area contributed by atoms with E-state index in [1.807, 2.05) is 26.0 Å². The van der Waals surface area contributed by atoms with Crippen molar-refractivity contribution in [2.75, 3.05) is 0 Å². The van der Waals surface area contributed by atoms with E-state index in [-0.39, 0.29) is 0 Å². The number of rotatable bonds is 2. The van der Waals surface area contributed by atoms with Gasteiger partial charge in [-0.05, 0) is 25.5 Å². The van der Waals surface area contributed by atoms with E-state index < -0.39 is 6.10 Å². The van der Waals surface area contributed by atoms with Crippen molar-refractivity contribution in [3.63, 3.8) is 0 Å². The normalized spacial score (nSPS) is 13.5. The maximum atomic E-state index is 9.25. The molecule has 1 N–H and O–H groups in total. The summed E-state index contributed by atoms with van der Waals surface area (Å²) < 4.78 is 5.19. The van der Waals surface area contributed by atoms with Gasteiger partial charge in [-0.1, -0.05) is 6.92 Å². The summed E-state index contributed by atoms with van der Waals surface area (Å²) in [5.41, 5.74) is 0. The highest BCUT2D eigenvalue weighted by Gasteiger charge is 2.07. The number of furan rings is 1. The minimum absolute atomic E-state index is 0.436. The van der Waals surface area contributed by atoms with Gasteiger partial charge in [-0.3, -0.25) is 0 Å². The number of aliphatic hydroxyl groups excluding tert-OH is 1. The molecule has 2 nitrogen and oxygen atoms in total. The third kappa shape index (κ3) is 1.39. The number of hydrogen-bond acceptors (Lipinski definition) is 2. The quantitative estimate of drug-likeness (QED) is 0.681. The minimum atomic E-state index is -0.436. The Bertz CT molecular complexity index is 203. The van der Waals surface area contributed by atoms with Gasteiger partial charge in [0.1, 0.15) is 17.6 Å². The van der Waals surface area contributed by atoms with Crippen molar-refractivity contribution in [3.05, 3.63) is 23.7 Å². The summed E-state index contributed by atoms with van der Waals surface area (Å²) in [6.45, 7) is 3.79. The van der Waals surface area contributed by atoms with Crippen molar-refractivity contribution in [2.45, 2.75) is 26.4 Å². The van der Waals surface area contributed by atoms with Gasteiger partial charge in [0.05, 0.1) is 0 Å². The molecule has 2 heteroatoms. The molecule has 1 heterocycles. The van der Waals surface area contributed by atoms with Crippen molar-refractivity contribution < 1.29 is 9.52 Å². The largest absolute Gasteiger partial charge is 0.464 e. The molecule has 0 bridgehead atoms. The molecule has 0 fully saturated rings. The van der Waals surface area contributed by atoms with E-state index in [2.05, 4.69) is 0 Å². The van der Waals surface area contributed by atoms with Crippen LogP contribution in [0.4, 0.5) is 0 Å². The van der Waals surface area contributed by atoms with E-state index in [1.54, 1.807) is 0 Å². The van der Waals surface area contributed by atoms with Crippen LogP contribution in [0.5, 0.6) is 0 Å². The van der Waals surface area contributed by atoms with Gasteiger partial charge in [-0.2, -0.15) is 0 Å². The van der Waals surface area contributed by atoms with Crippen molar-refractivity contribution in [3.8, 4) is 0 Å². The van der Waals surface area contributed by atoms with Gasteiger partial charge >= 0.3 is 0 Å². The lowest BCUT2D eigenvalue weighted by atomic mass is 10.2. The topological polar surface area (TPSA) is 33.4 Å². The lowest BCUT2D eigenvalue weighted by molar-refractivity contribution is 0.144. The summed E-state index contributed by atoms with van der Waals surface area (Å²) in [4.78, 5) is 0. The van der Waals surface area contributed by atoms with Gasteiger partial charge in [-0.25, -0.2) is 0 Å². The molecule has 56 valence electrons. The molecule has 0 saturated carbocycles. The second kappa shape index (κ2) is 2.88. The summed E-state index contributed by atoms with van der Waals surface area (Å²) in [6.07, 6.45) is 0.265. The average molecular weight is 140 g/mol. The summed E-state index contributed by atoms with van der Waals surface area (Å²) in [7, 11) is 0. The average Bonchev–Trinajstić information content (AvgIpc) is 2.34. The highest BCUT2D eigenvalue weighted by atomic mass is 16.4. The predicted octanol–water partition coefficient (Wildman–Crippen LogP) is 2.03. The van der Waals surface area contributed by atoms with Crippen molar-refractivity contribution in [2.24, 2.45) is 0 Å². The van der Waals surface area contributed by atoms with Crippen LogP contribution in [0.15, 0.2) is 16.5 Å². The monoisotopic (exact) mass is 140 g/mol. The van der Waals surface area contributed by atoms with Crippen LogP contribution in [-0.2, 0) is 0 Å². The maximum Gasteiger partial charge on any atom is 0.132 e. The highest BCUT2D eigenvalue weighted by molar-refractivity contribution is 5.07. The zero-order valence-corrected chi connectivity index (χ0v) is 6.29. The molecule has 0 aliphatic heterocycles. The summed E-state index contributed by atoms with van der Waals surface area (Å²) >= 11 is 0. The lowest BCUT2D eigenvalue weighted by Gasteiger charge is -2.01. The van der Waals surface area contributed by atoms with E-state index in [0.717, 1.165) is 5.76 Å². The second-order valence-electron chi connectivity index (χ2n) is 2.37. The summed E-state index contributed by atoms with van der Waals surface area (Å²) in [5.74, 6) is 1.52. The molecule has 1 rings (SSSR count). The van der Waals surface area contributed by atoms with E-state index in [4.69, 9.17) is 4.42 Å². The van der Waals surface area contributed by atoms with Gasteiger partial charge in [0.25, 0.3) is 0 Å². The van der Waals surface area contributed by atoms with E-state index in [0.29, 0.717) is 12.2 Å².